The molecular weight excluding hydrogens is 252 g/mol. The van der Waals surface area contributed by atoms with Crippen LogP contribution >= 0.6 is 0 Å². The van der Waals surface area contributed by atoms with Crippen LogP contribution in [0.15, 0.2) is 29.2 Å². The van der Waals surface area contributed by atoms with E-state index in [-0.39, 0.29) is 10.8 Å². The van der Waals surface area contributed by atoms with Crippen LogP contribution < -0.4 is 10.0 Å². The molecule has 0 saturated carbocycles. The molecule has 0 aliphatic rings. The van der Waals surface area contributed by atoms with Crippen molar-refractivity contribution in [3.8, 4) is 0 Å². The van der Waals surface area contributed by atoms with E-state index in [2.05, 4.69) is 10.0 Å². The van der Waals surface area contributed by atoms with Gasteiger partial charge in [-0.3, -0.25) is 4.79 Å². The second kappa shape index (κ2) is 6.51. The molecule has 0 aliphatic carbocycles. The molecule has 0 aromatic heterocycles. The van der Waals surface area contributed by atoms with Crippen molar-refractivity contribution in [1.82, 2.24) is 10.0 Å². The fraction of sp³-hybridized carbons (Fsp3) is 0.417. The van der Waals surface area contributed by atoms with Gasteiger partial charge >= 0.3 is 0 Å². The van der Waals surface area contributed by atoms with Gasteiger partial charge in [0.15, 0.2) is 0 Å². The van der Waals surface area contributed by atoms with Crippen LogP contribution in [0.25, 0.3) is 0 Å². The molecule has 1 aromatic carbocycles. The highest BCUT2D eigenvalue weighted by atomic mass is 32.2. The maximum Gasteiger partial charge on any atom is 0.240 e. The quantitative estimate of drug-likeness (QED) is 0.797. The normalized spacial score (nSPS) is 11.2. The summed E-state index contributed by atoms with van der Waals surface area (Å²) in [5.41, 5.74) is 0.939. The monoisotopic (exact) mass is 270 g/mol. The number of carbonyl (C=O) groups excluding carboxylic acids is 1. The van der Waals surface area contributed by atoms with Crippen LogP contribution in [0.2, 0.25) is 0 Å². The lowest BCUT2D eigenvalue weighted by atomic mass is 10.1. The Morgan fingerprint density at radius 3 is 2.33 bits per heavy atom. The molecule has 1 aromatic rings. The van der Waals surface area contributed by atoms with Gasteiger partial charge in [0.05, 0.1) is 4.90 Å². The number of amides is 1. The van der Waals surface area contributed by atoms with Crippen molar-refractivity contribution < 1.29 is 13.2 Å². The van der Waals surface area contributed by atoms with Crippen molar-refractivity contribution >= 4 is 15.9 Å². The van der Waals surface area contributed by atoms with Crippen molar-refractivity contribution in [2.75, 3.05) is 13.6 Å². The number of sulfonamides is 1. The van der Waals surface area contributed by atoms with Crippen molar-refractivity contribution in [2.45, 2.75) is 24.7 Å². The van der Waals surface area contributed by atoms with E-state index in [0.29, 0.717) is 19.4 Å². The number of hydrogen-bond acceptors (Lipinski definition) is 3. The smallest absolute Gasteiger partial charge is 0.240 e. The second-order valence-corrected chi connectivity index (χ2v) is 5.59. The highest BCUT2D eigenvalue weighted by Gasteiger charge is 2.11. The summed E-state index contributed by atoms with van der Waals surface area (Å²) in [6.45, 7) is 2.09. The highest BCUT2D eigenvalue weighted by molar-refractivity contribution is 7.89. The molecule has 5 nitrogen and oxygen atoms in total. The molecule has 0 radical (unpaired) electrons. The summed E-state index contributed by atoms with van der Waals surface area (Å²) < 4.78 is 25.8. The van der Waals surface area contributed by atoms with Gasteiger partial charge in [-0.2, -0.15) is 0 Å². The number of nitrogens with one attached hydrogen (secondary N) is 2. The van der Waals surface area contributed by atoms with E-state index in [4.69, 9.17) is 0 Å². The summed E-state index contributed by atoms with van der Waals surface area (Å²) in [5, 5.41) is 2.54. The van der Waals surface area contributed by atoms with Gasteiger partial charge < -0.3 is 5.32 Å². The minimum atomic E-state index is -3.39. The minimum Gasteiger partial charge on any atom is -0.359 e. The first-order valence-corrected chi connectivity index (χ1v) is 7.27. The van der Waals surface area contributed by atoms with Crippen molar-refractivity contribution in [1.29, 1.82) is 0 Å². The maximum absolute atomic E-state index is 11.7. The van der Waals surface area contributed by atoms with Gasteiger partial charge in [-0.1, -0.05) is 19.1 Å². The van der Waals surface area contributed by atoms with Gasteiger partial charge in [0, 0.05) is 20.0 Å². The third kappa shape index (κ3) is 4.12. The third-order valence-electron chi connectivity index (χ3n) is 2.49. The molecule has 0 aliphatic heterocycles. The second-order valence-electron chi connectivity index (χ2n) is 3.82. The van der Waals surface area contributed by atoms with Gasteiger partial charge in [0.25, 0.3) is 0 Å². The Morgan fingerprint density at radius 2 is 1.83 bits per heavy atom. The highest BCUT2D eigenvalue weighted by Crippen LogP contribution is 2.11. The molecule has 1 amide bonds. The summed E-state index contributed by atoms with van der Waals surface area (Å²) >= 11 is 0. The van der Waals surface area contributed by atoms with Crippen molar-refractivity contribution in [3.05, 3.63) is 29.8 Å². The first-order chi connectivity index (χ1) is 8.49. The average molecular weight is 270 g/mol. The van der Waals surface area contributed by atoms with Crippen LogP contribution in [0.1, 0.15) is 18.9 Å². The van der Waals surface area contributed by atoms with E-state index >= 15 is 0 Å². The molecule has 100 valence electrons. The van der Waals surface area contributed by atoms with E-state index in [9.17, 15) is 13.2 Å². The Balaban J connectivity index is 2.71. The van der Waals surface area contributed by atoms with Crippen molar-refractivity contribution in [2.24, 2.45) is 0 Å². The van der Waals surface area contributed by atoms with E-state index in [1.54, 1.807) is 38.2 Å². The van der Waals surface area contributed by atoms with E-state index < -0.39 is 10.0 Å². The summed E-state index contributed by atoms with van der Waals surface area (Å²) in [4.78, 5) is 11.3. The van der Waals surface area contributed by atoms with Gasteiger partial charge in [0.1, 0.15) is 0 Å². The molecule has 0 heterocycles. The number of carbonyl (C=O) groups is 1. The van der Waals surface area contributed by atoms with E-state index in [0.717, 1.165) is 5.56 Å². The predicted molar refractivity (Wildman–Crippen MR) is 69.7 cm³/mol. The van der Waals surface area contributed by atoms with Crippen LogP contribution in [0.4, 0.5) is 0 Å². The van der Waals surface area contributed by atoms with Gasteiger partial charge in [-0.05, 0) is 24.1 Å². The summed E-state index contributed by atoms with van der Waals surface area (Å²) in [7, 11) is -1.80. The van der Waals surface area contributed by atoms with Crippen molar-refractivity contribution in [3.63, 3.8) is 0 Å². The molecule has 0 spiro atoms. The number of hydrogen-bond donors (Lipinski definition) is 2. The Morgan fingerprint density at radius 1 is 1.22 bits per heavy atom. The molecule has 1 rings (SSSR count). The van der Waals surface area contributed by atoms with Gasteiger partial charge in [-0.25, -0.2) is 13.1 Å². The van der Waals surface area contributed by atoms with E-state index in [1.807, 2.05) is 0 Å². The van der Waals surface area contributed by atoms with Crippen LogP contribution in [-0.4, -0.2) is 27.9 Å². The zero-order valence-electron chi connectivity index (χ0n) is 10.6. The molecule has 0 atom stereocenters. The van der Waals surface area contributed by atoms with Gasteiger partial charge in [-0.15, -0.1) is 0 Å². The number of aryl methyl sites for hydroxylation is 1. The van der Waals surface area contributed by atoms with E-state index in [1.165, 1.54) is 0 Å². The van der Waals surface area contributed by atoms with Gasteiger partial charge in [0.2, 0.25) is 15.9 Å². The Bertz CT molecular complexity index is 495. The largest absolute Gasteiger partial charge is 0.359 e. The first kappa shape index (κ1) is 14.7. The maximum atomic E-state index is 11.7. The minimum absolute atomic E-state index is 0.0284. The number of benzene rings is 1. The zero-order valence-corrected chi connectivity index (χ0v) is 11.4. The topological polar surface area (TPSA) is 75.3 Å². The SMILES string of the molecule is CCNS(=O)(=O)c1ccc(CCC(=O)NC)cc1. The third-order valence-corrected chi connectivity index (χ3v) is 4.05. The Labute approximate surface area is 108 Å². The molecule has 6 heteroatoms. The average Bonchev–Trinajstić information content (AvgIpc) is 2.36. The van der Waals surface area contributed by atoms with Crippen LogP contribution in [0.5, 0.6) is 0 Å². The van der Waals surface area contributed by atoms with Crippen LogP contribution in [0, 0.1) is 0 Å². The molecule has 2 N–H and O–H groups in total. The molecule has 18 heavy (non-hydrogen) atoms. The lowest BCUT2D eigenvalue weighted by Crippen LogP contribution is -2.23. The summed E-state index contributed by atoms with van der Waals surface area (Å²) in [5.74, 6) is -0.0284. The fourth-order valence-corrected chi connectivity index (χ4v) is 2.53. The first-order valence-electron chi connectivity index (χ1n) is 5.78. The molecular formula is C12H18N2O3S. The predicted octanol–water partition coefficient (Wildman–Crippen LogP) is 0.663. The Hall–Kier alpha value is -1.40. The Kier molecular flexibility index (Phi) is 5.30. The summed E-state index contributed by atoms with van der Waals surface area (Å²) in [6, 6.07) is 6.56. The molecule has 0 bridgehead atoms. The van der Waals surface area contributed by atoms with Crippen LogP contribution in [0.3, 0.4) is 0 Å². The van der Waals surface area contributed by atoms with Crippen LogP contribution in [-0.2, 0) is 21.2 Å². The molecule has 0 saturated heterocycles. The molecule has 0 unspecified atom stereocenters. The number of rotatable bonds is 6. The standard InChI is InChI=1S/C12H18N2O3S/c1-3-14-18(16,17)11-7-4-10(5-8-11)6-9-12(15)13-2/h4-5,7-8,14H,3,6,9H2,1-2H3,(H,13,15). The lowest BCUT2D eigenvalue weighted by Gasteiger charge is -2.06. The molecule has 0 fully saturated rings. The zero-order chi connectivity index (χ0) is 13.6. The lowest BCUT2D eigenvalue weighted by molar-refractivity contribution is -0.120. The summed E-state index contributed by atoms with van der Waals surface area (Å²) in [6.07, 6.45) is 0.997. The fourth-order valence-electron chi connectivity index (χ4n) is 1.49.